The molecule has 1 aliphatic heterocycles. The van der Waals surface area contributed by atoms with Crippen LogP contribution in [0.25, 0.3) is 0 Å². The van der Waals surface area contributed by atoms with Gasteiger partial charge in [0.2, 0.25) is 0 Å². The minimum atomic E-state index is -0.0793. The van der Waals surface area contributed by atoms with Gasteiger partial charge in [0.25, 0.3) is 5.91 Å². The van der Waals surface area contributed by atoms with Crippen LogP contribution in [0, 0.1) is 0 Å². The number of nitrogens with zero attached hydrogens (tertiary/aromatic N) is 2. The van der Waals surface area contributed by atoms with Crippen molar-refractivity contribution < 1.29 is 4.79 Å². The first-order valence-electron chi connectivity index (χ1n) is 6.87. The van der Waals surface area contributed by atoms with Crippen LogP contribution in [0.15, 0.2) is 30.3 Å². The highest BCUT2D eigenvalue weighted by atomic mass is 16.1. The van der Waals surface area contributed by atoms with Gasteiger partial charge in [0.15, 0.2) is 0 Å². The number of benzene rings is 1. The number of amides is 1. The lowest BCUT2D eigenvalue weighted by atomic mass is 10.1. The second-order valence-corrected chi connectivity index (χ2v) is 4.89. The zero-order chi connectivity index (χ0) is 14.1. The number of aromatic nitrogens is 2. The third-order valence-corrected chi connectivity index (χ3v) is 3.68. The molecule has 0 saturated carbocycles. The summed E-state index contributed by atoms with van der Waals surface area (Å²) in [6, 6.07) is 10.4. The first-order valence-corrected chi connectivity index (χ1v) is 6.87. The van der Waals surface area contributed by atoms with E-state index in [0.717, 1.165) is 24.5 Å². The summed E-state index contributed by atoms with van der Waals surface area (Å²) < 4.78 is 1.90. The molecule has 1 aromatic carbocycles. The normalized spacial score (nSPS) is 16.6. The number of carbonyl (C=O) groups is 1. The summed E-state index contributed by atoms with van der Waals surface area (Å²) in [7, 11) is 1.65. The summed E-state index contributed by atoms with van der Waals surface area (Å²) in [5.74, 6) is 0.749. The van der Waals surface area contributed by atoms with Crippen LogP contribution in [0.2, 0.25) is 0 Å². The highest BCUT2D eigenvalue weighted by Gasteiger charge is 2.30. The van der Waals surface area contributed by atoms with Gasteiger partial charge in [-0.1, -0.05) is 37.3 Å². The molecule has 104 valence electrons. The Bertz CT molecular complexity index is 633. The van der Waals surface area contributed by atoms with Crippen LogP contribution in [-0.4, -0.2) is 22.7 Å². The molecule has 1 amide bonds. The fourth-order valence-electron chi connectivity index (χ4n) is 2.66. The number of nitrogens with one attached hydrogen (secondary N) is 2. The summed E-state index contributed by atoms with van der Waals surface area (Å²) >= 11 is 0. The monoisotopic (exact) mass is 270 g/mol. The summed E-state index contributed by atoms with van der Waals surface area (Å²) in [5, 5.41) is 10.7. The molecule has 0 bridgehead atoms. The molecule has 5 heteroatoms. The number of anilines is 1. The molecule has 1 aliphatic rings. The van der Waals surface area contributed by atoms with Gasteiger partial charge in [-0.3, -0.25) is 4.79 Å². The van der Waals surface area contributed by atoms with Crippen molar-refractivity contribution in [1.82, 2.24) is 15.1 Å². The van der Waals surface area contributed by atoms with Gasteiger partial charge in [0.05, 0.1) is 18.3 Å². The largest absolute Gasteiger partial charge is 0.361 e. The van der Waals surface area contributed by atoms with Gasteiger partial charge in [-0.2, -0.15) is 5.10 Å². The van der Waals surface area contributed by atoms with Crippen molar-refractivity contribution in [3.05, 3.63) is 47.2 Å². The molecule has 0 aliphatic carbocycles. The molecule has 5 nitrogen and oxygen atoms in total. The van der Waals surface area contributed by atoms with Crippen LogP contribution in [0.1, 0.15) is 34.6 Å². The van der Waals surface area contributed by atoms with Gasteiger partial charge < -0.3 is 10.6 Å². The minimum absolute atomic E-state index is 0.0793. The number of fused-ring (bicyclic) bond motifs is 1. The van der Waals surface area contributed by atoms with Gasteiger partial charge in [-0.25, -0.2) is 4.68 Å². The molecule has 1 unspecified atom stereocenters. The molecule has 1 atom stereocenters. The molecule has 2 aromatic rings. The van der Waals surface area contributed by atoms with Crippen LogP contribution < -0.4 is 10.6 Å². The summed E-state index contributed by atoms with van der Waals surface area (Å²) in [4.78, 5) is 12.1. The fourth-order valence-corrected chi connectivity index (χ4v) is 2.66. The molecular weight excluding hydrogens is 252 g/mol. The second-order valence-electron chi connectivity index (χ2n) is 4.89. The van der Waals surface area contributed by atoms with E-state index >= 15 is 0 Å². The van der Waals surface area contributed by atoms with E-state index in [1.54, 1.807) is 7.05 Å². The van der Waals surface area contributed by atoms with Crippen LogP contribution in [0.3, 0.4) is 0 Å². The lowest BCUT2D eigenvalue weighted by molar-refractivity contribution is 0.0963. The Morgan fingerprint density at radius 3 is 2.85 bits per heavy atom. The van der Waals surface area contributed by atoms with Gasteiger partial charge >= 0.3 is 0 Å². The van der Waals surface area contributed by atoms with Crippen LogP contribution in [0.4, 0.5) is 5.82 Å². The molecule has 0 fully saturated rings. The molecule has 1 aromatic heterocycles. The third kappa shape index (κ3) is 1.95. The summed E-state index contributed by atoms with van der Waals surface area (Å²) in [6.45, 7) is 2.77. The Labute approximate surface area is 118 Å². The SMILES string of the molecule is CCc1nn2c(c1C(=O)NC)NC(c1ccccc1)C2. The molecule has 2 heterocycles. The molecule has 3 rings (SSSR count). The number of aryl methyl sites for hydroxylation is 1. The van der Waals surface area contributed by atoms with Crippen molar-refractivity contribution in [1.29, 1.82) is 0 Å². The third-order valence-electron chi connectivity index (χ3n) is 3.68. The van der Waals surface area contributed by atoms with Gasteiger partial charge in [-0.15, -0.1) is 0 Å². The Balaban J connectivity index is 1.95. The van der Waals surface area contributed by atoms with E-state index < -0.39 is 0 Å². The molecular formula is C15H18N4O. The zero-order valence-electron chi connectivity index (χ0n) is 11.7. The van der Waals surface area contributed by atoms with Crippen LogP contribution in [0.5, 0.6) is 0 Å². The fraction of sp³-hybridized carbons (Fsp3) is 0.333. The first kappa shape index (κ1) is 12.7. The lowest BCUT2D eigenvalue weighted by Crippen LogP contribution is -2.20. The highest BCUT2D eigenvalue weighted by Crippen LogP contribution is 2.33. The summed E-state index contributed by atoms with van der Waals surface area (Å²) in [5.41, 5.74) is 2.73. The quantitative estimate of drug-likeness (QED) is 0.896. The molecule has 0 radical (unpaired) electrons. The maximum absolute atomic E-state index is 12.1. The van der Waals surface area contributed by atoms with Gasteiger partial charge in [0, 0.05) is 7.05 Å². The number of carbonyl (C=O) groups excluding carboxylic acids is 1. The van der Waals surface area contributed by atoms with Gasteiger partial charge in [-0.05, 0) is 12.0 Å². The highest BCUT2D eigenvalue weighted by molar-refractivity contribution is 6.00. The van der Waals surface area contributed by atoms with Crippen molar-refractivity contribution >= 4 is 11.7 Å². The minimum Gasteiger partial charge on any atom is -0.361 e. The van der Waals surface area contributed by atoms with E-state index in [4.69, 9.17) is 0 Å². The summed E-state index contributed by atoms with van der Waals surface area (Å²) in [6.07, 6.45) is 0.750. The van der Waals surface area contributed by atoms with E-state index in [9.17, 15) is 4.79 Å². The van der Waals surface area contributed by atoms with Crippen molar-refractivity contribution in [2.45, 2.75) is 25.9 Å². The zero-order valence-corrected chi connectivity index (χ0v) is 11.7. The van der Waals surface area contributed by atoms with Crippen LogP contribution in [-0.2, 0) is 13.0 Å². The topological polar surface area (TPSA) is 59.0 Å². The molecule has 2 N–H and O–H groups in total. The van der Waals surface area contributed by atoms with Crippen molar-refractivity contribution in [3.63, 3.8) is 0 Å². The average Bonchev–Trinajstić information content (AvgIpc) is 3.04. The van der Waals surface area contributed by atoms with E-state index in [1.807, 2.05) is 29.8 Å². The molecule has 0 saturated heterocycles. The van der Waals surface area contributed by atoms with Gasteiger partial charge in [0.1, 0.15) is 11.4 Å². The van der Waals surface area contributed by atoms with E-state index in [1.165, 1.54) is 5.56 Å². The number of rotatable bonds is 3. The van der Waals surface area contributed by atoms with E-state index in [0.29, 0.717) is 5.56 Å². The Kier molecular flexibility index (Phi) is 3.18. The van der Waals surface area contributed by atoms with Crippen LogP contribution >= 0.6 is 0 Å². The smallest absolute Gasteiger partial charge is 0.256 e. The second kappa shape index (κ2) is 5.00. The predicted octanol–water partition coefficient (Wildman–Crippen LogP) is 1.97. The maximum atomic E-state index is 12.1. The number of hydrogen-bond donors (Lipinski definition) is 2. The van der Waals surface area contributed by atoms with Crippen molar-refractivity contribution in [2.24, 2.45) is 0 Å². The lowest BCUT2D eigenvalue weighted by Gasteiger charge is -2.11. The Morgan fingerprint density at radius 2 is 2.20 bits per heavy atom. The van der Waals surface area contributed by atoms with Crippen molar-refractivity contribution in [2.75, 3.05) is 12.4 Å². The first-order chi connectivity index (χ1) is 9.74. The number of hydrogen-bond acceptors (Lipinski definition) is 3. The Morgan fingerprint density at radius 1 is 1.45 bits per heavy atom. The molecule has 20 heavy (non-hydrogen) atoms. The predicted molar refractivity (Wildman–Crippen MR) is 77.8 cm³/mol. The van der Waals surface area contributed by atoms with E-state index in [-0.39, 0.29) is 11.9 Å². The maximum Gasteiger partial charge on any atom is 0.256 e. The Hall–Kier alpha value is -2.30. The van der Waals surface area contributed by atoms with Crippen molar-refractivity contribution in [3.8, 4) is 0 Å². The average molecular weight is 270 g/mol. The standard InChI is InChI=1S/C15H18N4O/c1-3-11-13(15(20)16-2)14-17-12(9-19(14)18-11)10-7-5-4-6-8-10/h4-8,12,17H,3,9H2,1-2H3,(H,16,20). The van der Waals surface area contributed by atoms with E-state index in [2.05, 4.69) is 27.9 Å². The molecule has 0 spiro atoms.